The molecule has 0 aliphatic carbocycles. The monoisotopic (exact) mass is 1320 g/mol. The van der Waals surface area contributed by atoms with E-state index in [1.807, 2.05) is 0 Å². The molecule has 0 aromatic rings. The number of allylic oxidation sites excluding steroid dienone is 27. The second-order valence-corrected chi connectivity index (χ2v) is 23.5. The van der Waals surface area contributed by atoms with E-state index in [2.05, 4.69) is 177 Å². The van der Waals surface area contributed by atoms with Crippen molar-refractivity contribution >= 4 is 5.91 Å². The van der Waals surface area contributed by atoms with Crippen LogP contribution in [0.15, 0.2) is 170 Å². The minimum atomic E-state index is -1.99. The van der Waals surface area contributed by atoms with Crippen molar-refractivity contribution in [3.63, 3.8) is 0 Å². The highest BCUT2D eigenvalue weighted by molar-refractivity contribution is 5.76. The van der Waals surface area contributed by atoms with E-state index in [0.29, 0.717) is 12.8 Å². The number of aliphatic hydroxyl groups is 11. The number of carbonyl (C=O) groups is 1. The van der Waals surface area contributed by atoms with E-state index in [1.54, 1.807) is 12.2 Å². The highest BCUT2D eigenvalue weighted by Gasteiger charge is 2.53. The molecule has 3 heterocycles. The summed E-state index contributed by atoms with van der Waals surface area (Å²) in [4.78, 5) is 13.3. The maximum Gasteiger partial charge on any atom is 0.220 e. The molecule has 0 aromatic carbocycles. The first-order valence-electron chi connectivity index (χ1n) is 34.4. The molecule has 0 bridgehead atoms. The maximum absolute atomic E-state index is 13.3. The number of nitrogens with one attached hydrogen (secondary N) is 1. The zero-order valence-corrected chi connectivity index (χ0v) is 55.8. The van der Waals surface area contributed by atoms with Gasteiger partial charge in [-0.25, -0.2) is 0 Å². The van der Waals surface area contributed by atoms with Crippen molar-refractivity contribution in [1.29, 1.82) is 0 Å². The van der Waals surface area contributed by atoms with Crippen LogP contribution in [0.3, 0.4) is 0 Å². The molecule has 0 saturated carbocycles. The molecule has 1 amide bonds. The van der Waals surface area contributed by atoms with E-state index in [-0.39, 0.29) is 12.3 Å². The number of rotatable bonds is 49. The average molecular weight is 1320 g/mol. The van der Waals surface area contributed by atoms with E-state index >= 15 is 0 Å². The normalized spacial score (nSPS) is 28.5. The predicted molar refractivity (Wildman–Crippen MR) is 368 cm³/mol. The fourth-order valence-corrected chi connectivity index (χ4v) is 10.2. The molecule has 17 unspecified atom stereocenters. The number of amides is 1. The van der Waals surface area contributed by atoms with Gasteiger partial charge in [-0.1, -0.05) is 203 Å². The molecule has 3 fully saturated rings. The van der Waals surface area contributed by atoms with Crippen LogP contribution in [0.5, 0.6) is 0 Å². The molecule has 530 valence electrons. The van der Waals surface area contributed by atoms with Crippen LogP contribution in [0.2, 0.25) is 0 Å². The summed E-state index contributed by atoms with van der Waals surface area (Å²) in [5.41, 5.74) is 0. The van der Waals surface area contributed by atoms with E-state index < -0.39 is 131 Å². The van der Waals surface area contributed by atoms with Gasteiger partial charge >= 0.3 is 0 Å². The van der Waals surface area contributed by atoms with Gasteiger partial charge in [0.25, 0.3) is 0 Å². The van der Waals surface area contributed by atoms with Gasteiger partial charge in [0.15, 0.2) is 18.9 Å². The van der Waals surface area contributed by atoms with Crippen LogP contribution in [-0.2, 0) is 33.2 Å². The van der Waals surface area contributed by atoms with Crippen LogP contribution in [0.25, 0.3) is 0 Å². The minimum Gasteiger partial charge on any atom is -0.394 e. The van der Waals surface area contributed by atoms with Crippen LogP contribution in [0.4, 0.5) is 0 Å². The Bertz CT molecular complexity index is 2370. The Balaban J connectivity index is 1.35. The van der Waals surface area contributed by atoms with Crippen molar-refractivity contribution in [3.05, 3.63) is 170 Å². The molecule has 19 heteroatoms. The quantitative estimate of drug-likeness (QED) is 0.0200. The van der Waals surface area contributed by atoms with E-state index in [9.17, 15) is 61.0 Å². The predicted octanol–water partition coefficient (Wildman–Crippen LogP) is 9.10. The van der Waals surface area contributed by atoms with Crippen LogP contribution >= 0.6 is 0 Å². The molecule has 3 saturated heterocycles. The summed E-state index contributed by atoms with van der Waals surface area (Å²) >= 11 is 0. The topological polar surface area (TPSA) is 307 Å². The molecular weight excluding hydrogens is 1200 g/mol. The molecule has 0 aromatic heterocycles. The second kappa shape index (κ2) is 54.2. The number of carbonyl (C=O) groups excluding carboxylic acids is 1. The first kappa shape index (κ1) is 83.4. The third kappa shape index (κ3) is 35.4. The smallest absolute Gasteiger partial charge is 0.220 e. The number of aliphatic hydroxyl groups excluding tert-OH is 11. The van der Waals surface area contributed by atoms with Gasteiger partial charge in [0.1, 0.15) is 73.2 Å². The molecule has 17 atom stereocenters. The lowest BCUT2D eigenvalue weighted by Gasteiger charge is -2.48. The molecule has 19 nitrogen and oxygen atoms in total. The molecule has 94 heavy (non-hydrogen) atoms. The lowest BCUT2D eigenvalue weighted by atomic mass is 9.96. The Morgan fingerprint density at radius 2 is 0.713 bits per heavy atom. The molecule has 0 spiro atoms. The first-order chi connectivity index (χ1) is 45.8. The molecule has 12 N–H and O–H groups in total. The van der Waals surface area contributed by atoms with Gasteiger partial charge in [0.05, 0.1) is 38.6 Å². The van der Waals surface area contributed by atoms with E-state index in [1.165, 1.54) is 0 Å². The fraction of sp³-hybridized carbons (Fsp3) is 0.613. The number of hydrogen-bond acceptors (Lipinski definition) is 18. The van der Waals surface area contributed by atoms with Gasteiger partial charge in [-0.3, -0.25) is 4.79 Å². The number of unbranched alkanes of at least 4 members (excludes halogenated alkanes) is 7. The average Bonchev–Trinajstić information content (AvgIpc) is 0.788. The molecule has 3 aliphatic rings. The summed E-state index contributed by atoms with van der Waals surface area (Å²) in [7, 11) is 0. The summed E-state index contributed by atoms with van der Waals surface area (Å²) in [5.74, 6) is -0.321. The zero-order valence-electron chi connectivity index (χ0n) is 55.8. The minimum absolute atomic E-state index is 0.197. The highest BCUT2D eigenvalue weighted by Crippen LogP contribution is 2.33. The Morgan fingerprint density at radius 1 is 0.383 bits per heavy atom. The largest absolute Gasteiger partial charge is 0.394 e. The summed E-state index contributed by atoms with van der Waals surface area (Å²) in [5, 5.41) is 120. The van der Waals surface area contributed by atoms with E-state index in [0.717, 1.165) is 128 Å². The molecule has 3 rings (SSSR count). The number of hydrogen-bond donors (Lipinski definition) is 12. The van der Waals surface area contributed by atoms with Gasteiger partial charge in [-0.15, -0.1) is 0 Å². The van der Waals surface area contributed by atoms with Crippen molar-refractivity contribution < 1.29 is 89.4 Å². The van der Waals surface area contributed by atoms with Crippen molar-refractivity contribution in [2.75, 3.05) is 26.4 Å². The van der Waals surface area contributed by atoms with Crippen molar-refractivity contribution in [2.24, 2.45) is 0 Å². The van der Waals surface area contributed by atoms with Gasteiger partial charge < -0.3 is 89.9 Å². The summed E-state index contributed by atoms with van der Waals surface area (Å²) in [6.07, 6.45) is 53.7. The third-order valence-electron chi connectivity index (χ3n) is 15.7. The molecule has 0 radical (unpaired) electrons. The number of ether oxygens (including phenoxy) is 6. The Hall–Kier alpha value is -4.85. The van der Waals surface area contributed by atoms with Crippen LogP contribution < -0.4 is 5.32 Å². The zero-order chi connectivity index (χ0) is 68.2. The summed E-state index contributed by atoms with van der Waals surface area (Å²) in [6.45, 7) is 1.39. The lowest BCUT2D eigenvalue weighted by molar-refractivity contribution is -0.379. The summed E-state index contributed by atoms with van der Waals surface area (Å²) in [6, 6.07) is -1.02. The lowest BCUT2D eigenvalue weighted by Crippen LogP contribution is -2.66. The maximum atomic E-state index is 13.3. The SMILES string of the molecule is CC/C=C\C/C=C\C/C=C\C/C=C\C/C=C\C/C=C\C/C=C\C/C=C\C/C=C\C/C=C\C/C=C\CCCCCCCC(=O)NC(COC1OC(CO)C(OC2OC(CO)C(OC3OC(CO)C(O)C(O)C3O)C(O)C2O)C(O)C1O)C(O)/C=C/CC/C=C/CC/C=C/CC. The van der Waals surface area contributed by atoms with Crippen molar-refractivity contribution in [2.45, 2.75) is 266 Å². The van der Waals surface area contributed by atoms with Gasteiger partial charge in [0, 0.05) is 6.42 Å². The Kier molecular flexibility index (Phi) is 48.1. The third-order valence-corrected chi connectivity index (χ3v) is 15.7. The molecular formula is C75H117NO18. The van der Waals surface area contributed by atoms with Crippen LogP contribution in [0, 0.1) is 0 Å². The molecule has 3 aliphatic heterocycles. The Labute approximate surface area is 560 Å². The highest BCUT2D eigenvalue weighted by atomic mass is 16.8. The van der Waals surface area contributed by atoms with E-state index in [4.69, 9.17) is 28.4 Å². The standard InChI is InChI=1S/C75H117NO18/c1-3-5-7-9-11-13-15-16-17-18-19-20-21-22-23-24-25-26-27-28-29-30-31-32-33-34-35-36-37-38-39-40-41-42-43-45-47-49-51-53-63(81)76-58(59(80)52-50-48-46-44-14-12-10-8-6-4-2)57-89-73-69(87)66(84)71(61(55-78)91-73)94-75-70(88)67(85)72(62(56-79)92-75)93-74-68(86)65(83)64(82)60(54-77)90-74/h5-8,11,13-14,16-17,19-20,22-23,25-26,28-29,31-32,34-35,37-38,40-41,44,50,52,58-62,64-75,77-80,82-88H,3-4,9-10,12,15,18,21,24,27,30,33,36,39,42-43,45-49,51,53-57H2,1-2H3,(H,76,81)/b7-5-,8-6+,13-11-,17-16-,20-19-,23-22-,26-25-,29-28-,32-31-,35-34-,38-37-,41-40-,44-14+,52-50+. The second-order valence-electron chi connectivity index (χ2n) is 23.5. The van der Waals surface area contributed by atoms with Crippen LogP contribution in [-0.4, -0.2) is 193 Å². The van der Waals surface area contributed by atoms with Crippen molar-refractivity contribution in [3.8, 4) is 0 Å². The first-order valence-corrected chi connectivity index (χ1v) is 34.4. The van der Waals surface area contributed by atoms with Gasteiger partial charge in [-0.05, 0) is 122 Å². The van der Waals surface area contributed by atoms with Crippen LogP contribution in [0.1, 0.15) is 162 Å². The Morgan fingerprint density at radius 3 is 1.15 bits per heavy atom. The summed E-state index contributed by atoms with van der Waals surface area (Å²) < 4.78 is 34.2. The van der Waals surface area contributed by atoms with Crippen molar-refractivity contribution in [1.82, 2.24) is 5.32 Å². The van der Waals surface area contributed by atoms with Gasteiger partial charge in [-0.2, -0.15) is 0 Å². The fourth-order valence-electron chi connectivity index (χ4n) is 10.2. The van der Waals surface area contributed by atoms with Gasteiger partial charge in [0.2, 0.25) is 5.91 Å².